The van der Waals surface area contributed by atoms with Crippen LogP contribution in [0.1, 0.15) is 44.3 Å². The van der Waals surface area contributed by atoms with Crippen LogP contribution in [0.4, 0.5) is 0 Å². The van der Waals surface area contributed by atoms with E-state index in [2.05, 4.69) is 28.9 Å². The molecule has 0 N–H and O–H groups in total. The summed E-state index contributed by atoms with van der Waals surface area (Å²) in [6, 6.07) is 0.288. The molecule has 0 aromatic carbocycles. The minimum absolute atomic E-state index is 0.288. The van der Waals surface area contributed by atoms with Gasteiger partial charge in [0, 0.05) is 12.0 Å². The molecule has 1 fully saturated rings. The Labute approximate surface area is 98.6 Å². The minimum atomic E-state index is 0.288. The van der Waals surface area contributed by atoms with Crippen LogP contribution in [0.15, 0.2) is 6.20 Å². The Bertz CT molecular complexity index is 542. The van der Waals surface area contributed by atoms with Crippen LogP contribution in [0, 0.1) is 0 Å². The van der Waals surface area contributed by atoms with Gasteiger partial charge in [-0.15, -0.1) is 0 Å². The van der Waals surface area contributed by atoms with Crippen LogP contribution >= 0.6 is 11.6 Å². The van der Waals surface area contributed by atoms with E-state index in [-0.39, 0.29) is 6.04 Å². The van der Waals surface area contributed by atoms with Crippen molar-refractivity contribution in [2.45, 2.75) is 38.6 Å². The molecule has 3 rings (SSSR count). The van der Waals surface area contributed by atoms with E-state index in [1.165, 1.54) is 12.8 Å². The number of aromatic nitrogens is 4. The molecule has 0 unspecified atom stereocenters. The molecule has 2 aromatic rings. The average molecular weight is 237 g/mol. The van der Waals surface area contributed by atoms with Gasteiger partial charge in [0.2, 0.25) is 5.28 Å². The van der Waals surface area contributed by atoms with Crippen molar-refractivity contribution in [2.24, 2.45) is 0 Å². The number of rotatable bonds is 2. The van der Waals surface area contributed by atoms with Gasteiger partial charge in [0.25, 0.3) is 0 Å². The van der Waals surface area contributed by atoms with Gasteiger partial charge in [0.05, 0.1) is 17.3 Å². The van der Waals surface area contributed by atoms with Gasteiger partial charge in [-0.2, -0.15) is 10.1 Å². The van der Waals surface area contributed by atoms with Crippen molar-refractivity contribution in [3.63, 3.8) is 0 Å². The Hall–Kier alpha value is -1.16. The highest BCUT2D eigenvalue weighted by molar-refractivity contribution is 6.28. The summed E-state index contributed by atoms with van der Waals surface area (Å²) in [7, 11) is 0. The van der Waals surface area contributed by atoms with Gasteiger partial charge >= 0.3 is 0 Å². The smallest absolute Gasteiger partial charge is 0.224 e. The number of halogens is 1. The first-order chi connectivity index (χ1) is 7.66. The second-order valence-corrected chi connectivity index (χ2v) is 4.91. The fourth-order valence-corrected chi connectivity index (χ4v) is 2.14. The zero-order chi connectivity index (χ0) is 11.3. The summed E-state index contributed by atoms with van der Waals surface area (Å²) in [4.78, 5) is 8.62. The standard InChI is InChI=1S/C11H13ClN4/c1-6(2)16-10-8(5-13-16)9(7-3-4-7)14-11(12)15-10/h5-7H,3-4H2,1-2H3. The van der Waals surface area contributed by atoms with Crippen molar-refractivity contribution in [2.75, 3.05) is 0 Å². The van der Waals surface area contributed by atoms with Crippen LogP contribution in [0.3, 0.4) is 0 Å². The van der Waals surface area contributed by atoms with Crippen molar-refractivity contribution in [3.05, 3.63) is 17.2 Å². The van der Waals surface area contributed by atoms with Gasteiger partial charge in [-0.25, -0.2) is 9.67 Å². The molecular weight excluding hydrogens is 224 g/mol. The van der Waals surface area contributed by atoms with Crippen LogP contribution in [0.2, 0.25) is 5.28 Å². The Kier molecular flexibility index (Phi) is 2.14. The minimum Gasteiger partial charge on any atom is -0.245 e. The summed E-state index contributed by atoms with van der Waals surface area (Å²) in [6.45, 7) is 4.17. The maximum absolute atomic E-state index is 5.97. The van der Waals surface area contributed by atoms with Gasteiger partial charge < -0.3 is 0 Å². The number of fused-ring (bicyclic) bond motifs is 1. The summed E-state index contributed by atoms with van der Waals surface area (Å²) in [5.74, 6) is 0.563. The fraction of sp³-hybridized carbons (Fsp3) is 0.545. The molecule has 0 saturated heterocycles. The van der Waals surface area contributed by atoms with Gasteiger partial charge in [0.1, 0.15) is 0 Å². The van der Waals surface area contributed by atoms with Crippen molar-refractivity contribution < 1.29 is 0 Å². The average Bonchev–Trinajstić information content (AvgIpc) is 2.97. The number of hydrogen-bond acceptors (Lipinski definition) is 3. The third-order valence-corrected chi connectivity index (χ3v) is 3.08. The molecular formula is C11H13ClN4. The van der Waals surface area contributed by atoms with Crippen LogP contribution in [0.5, 0.6) is 0 Å². The molecule has 0 bridgehead atoms. The summed E-state index contributed by atoms with van der Waals surface area (Å²) in [5, 5.41) is 5.75. The molecule has 5 heteroatoms. The summed E-state index contributed by atoms with van der Waals surface area (Å²) in [5.41, 5.74) is 1.93. The molecule has 84 valence electrons. The summed E-state index contributed by atoms with van der Waals surface area (Å²) >= 11 is 5.97. The lowest BCUT2D eigenvalue weighted by Gasteiger charge is -2.07. The highest BCUT2D eigenvalue weighted by Gasteiger charge is 2.29. The number of nitrogens with zero attached hydrogens (tertiary/aromatic N) is 4. The maximum atomic E-state index is 5.97. The van der Waals surface area contributed by atoms with Crippen molar-refractivity contribution in [1.29, 1.82) is 0 Å². The molecule has 0 radical (unpaired) electrons. The third kappa shape index (κ3) is 1.48. The summed E-state index contributed by atoms with van der Waals surface area (Å²) < 4.78 is 1.90. The second-order valence-electron chi connectivity index (χ2n) is 4.57. The number of hydrogen-bond donors (Lipinski definition) is 0. The topological polar surface area (TPSA) is 43.6 Å². The van der Waals surface area contributed by atoms with Crippen LogP contribution < -0.4 is 0 Å². The van der Waals surface area contributed by atoms with E-state index in [0.29, 0.717) is 11.2 Å². The molecule has 0 aliphatic heterocycles. The predicted octanol–water partition coefficient (Wildman–Crippen LogP) is 2.94. The quantitative estimate of drug-likeness (QED) is 0.753. The molecule has 1 saturated carbocycles. The van der Waals surface area contributed by atoms with Crippen molar-refractivity contribution in [1.82, 2.24) is 19.7 Å². The molecule has 4 nitrogen and oxygen atoms in total. The highest BCUT2D eigenvalue weighted by atomic mass is 35.5. The Morgan fingerprint density at radius 1 is 1.38 bits per heavy atom. The van der Waals surface area contributed by atoms with E-state index in [0.717, 1.165) is 16.7 Å². The molecule has 0 spiro atoms. The molecule has 1 aliphatic carbocycles. The molecule has 2 aromatic heterocycles. The lowest BCUT2D eigenvalue weighted by molar-refractivity contribution is 0.546. The Balaban J connectivity index is 2.27. The van der Waals surface area contributed by atoms with Gasteiger partial charge in [-0.3, -0.25) is 0 Å². The molecule has 16 heavy (non-hydrogen) atoms. The zero-order valence-corrected chi connectivity index (χ0v) is 10.1. The molecule has 2 heterocycles. The van der Waals surface area contributed by atoms with E-state index >= 15 is 0 Å². The zero-order valence-electron chi connectivity index (χ0n) is 9.31. The first-order valence-electron chi connectivity index (χ1n) is 5.57. The van der Waals surface area contributed by atoms with Crippen molar-refractivity contribution in [3.8, 4) is 0 Å². The first-order valence-corrected chi connectivity index (χ1v) is 5.95. The van der Waals surface area contributed by atoms with Crippen molar-refractivity contribution >= 4 is 22.6 Å². The van der Waals surface area contributed by atoms with Gasteiger partial charge in [-0.05, 0) is 38.3 Å². The van der Waals surface area contributed by atoms with Gasteiger partial charge in [-0.1, -0.05) is 0 Å². The second kappa shape index (κ2) is 3.42. The Morgan fingerprint density at radius 2 is 2.12 bits per heavy atom. The SMILES string of the molecule is CC(C)n1ncc2c(C3CC3)nc(Cl)nc21. The van der Waals surface area contributed by atoms with E-state index in [1.54, 1.807) is 0 Å². The van der Waals surface area contributed by atoms with Crippen LogP contribution in [-0.4, -0.2) is 19.7 Å². The van der Waals surface area contributed by atoms with E-state index in [1.807, 2.05) is 10.9 Å². The van der Waals surface area contributed by atoms with E-state index < -0.39 is 0 Å². The van der Waals surface area contributed by atoms with E-state index in [4.69, 9.17) is 11.6 Å². The highest BCUT2D eigenvalue weighted by Crippen LogP contribution is 2.42. The Morgan fingerprint density at radius 3 is 2.75 bits per heavy atom. The van der Waals surface area contributed by atoms with Crippen LogP contribution in [0.25, 0.3) is 11.0 Å². The normalized spacial score (nSPS) is 16.2. The molecule has 0 atom stereocenters. The van der Waals surface area contributed by atoms with E-state index in [9.17, 15) is 0 Å². The maximum Gasteiger partial charge on any atom is 0.224 e. The molecule has 1 aliphatic rings. The van der Waals surface area contributed by atoms with Gasteiger partial charge in [0.15, 0.2) is 5.65 Å². The summed E-state index contributed by atoms with van der Waals surface area (Å²) in [6.07, 6.45) is 4.27. The lowest BCUT2D eigenvalue weighted by atomic mass is 10.2. The predicted molar refractivity (Wildman–Crippen MR) is 62.7 cm³/mol. The first kappa shape index (κ1) is 10.0. The molecule has 0 amide bonds. The lowest BCUT2D eigenvalue weighted by Crippen LogP contribution is -2.04. The third-order valence-electron chi connectivity index (χ3n) is 2.91. The van der Waals surface area contributed by atoms with Crippen LogP contribution in [-0.2, 0) is 0 Å². The fourth-order valence-electron chi connectivity index (χ4n) is 1.97. The largest absolute Gasteiger partial charge is 0.245 e. The monoisotopic (exact) mass is 236 g/mol.